The van der Waals surface area contributed by atoms with Gasteiger partial charge in [0.1, 0.15) is 0 Å². The van der Waals surface area contributed by atoms with E-state index in [1.54, 1.807) is 4.90 Å². The predicted octanol–water partition coefficient (Wildman–Crippen LogP) is 4.64. The SMILES string of the molecule is CCCCCCn1c(SCC(=O)N(CC)CC(=O)NC(C)C)nnc1-c1ccc(Cl)cc1. The highest BCUT2D eigenvalue weighted by atomic mass is 35.5. The minimum atomic E-state index is -0.149. The van der Waals surface area contributed by atoms with Crippen LogP contribution in [0.4, 0.5) is 0 Å². The minimum absolute atomic E-state index is 0.0447. The maximum absolute atomic E-state index is 12.7. The number of rotatable bonds is 13. The Morgan fingerprint density at radius 1 is 1.12 bits per heavy atom. The molecule has 7 nitrogen and oxygen atoms in total. The lowest BCUT2D eigenvalue weighted by molar-refractivity contribution is -0.134. The number of hydrogen-bond donors (Lipinski definition) is 1. The van der Waals surface area contributed by atoms with Gasteiger partial charge in [0, 0.05) is 29.7 Å². The summed E-state index contributed by atoms with van der Waals surface area (Å²) in [5.41, 5.74) is 0.941. The largest absolute Gasteiger partial charge is 0.352 e. The van der Waals surface area contributed by atoms with Crippen molar-refractivity contribution in [3.8, 4) is 11.4 Å². The van der Waals surface area contributed by atoms with Crippen molar-refractivity contribution in [1.29, 1.82) is 0 Å². The Labute approximate surface area is 200 Å². The average molecular weight is 480 g/mol. The average Bonchev–Trinajstić information content (AvgIpc) is 3.16. The van der Waals surface area contributed by atoms with Gasteiger partial charge in [-0.1, -0.05) is 49.5 Å². The van der Waals surface area contributed by atoms with Crippen LogP contribution in [-0.4, -0.2) is 56.4 Å². The second-order valence-electron chi connectivity index (χ2n) is 7.94. The van der Waals surface area contributed by atoms with Crippen molar-refractivity contribution in [1.82, 2.24) is 25.0 Å². The van der Waals surface area contributed by atoms with Crippen LogP contribution in [0.1, 0.15) is 53.4 Å². The van der Waals surface area contributed by atoms with Crippen molar-refractivity contribution >= 4 is 35.2 Å². The number of halogens is 1. The molecule has 1 heterocycles. The molecule has 1 aromatic carbocycles. The lowest BCUT2D eigenvalue weighted by Gasteiger charge is -2.21. The number of amides is 2. The Hall–Kier alpha value is -2.06. The van der Waals surface area contributed by atoms with Crippen LogP contribution in [-0.2, 0) is 16.1 Å². The van der Waals surface area contributed by atoms with Crippen molar-refractivity contribution in [2.24, 2.45) is 0 Å². The van der Waals surface area contributed by atoms with Gasteiger partial charge in [0.15, 0.2) is 11.0 Å². The van der Waals surface area contributed by atoms with Gasteiger partial charge in [-0.2, -0.15) is 0 Å². The highest BCUT2D eigenvalue weighted by Gasteiger charge is 2.19. The van der Waals surface area contributed by atoms with Gasteiger partial charge < -0.3 is 14.8 Å². The van der Waals surface area contributed by atoms with Crippen molar-refractivity contribution in [2.75, 3.05) is 18.8 Å². The number of nitrogens with one attached hydrogen (secondary N) is 1. The van der Waals surface area contributed by atoms with E-state index in [1.807, 2.05) is 45.0 Å². The smallest absolute Gasteiger partial charge is 0.239 e. The maximum atomic E-state index is 12.7. The molecule has 0 saturated carbocycles. The monoisotopic (exact) mass is 479 g/mol. The molecule has 0 unspecified atom stereocenters. The second kappa shape index (κ2) is 13.5. The molecule has 1 N–H and O–H groups in total. The quantitative estimate of drug-likeness (QED) is 0.334. The number of carbonyl (C=O) groups excluding carboxylic acids is 2. The van der Waals surface area contributed by atoms with E-state index in [-0.39, 0.29) is 30.2 Å². The predicted molar refractivity (Wildman–Crippen MR) is 131 cm³/mol. The zero-order valence-electron chi connectivity index (χ0n) is 19.4. The first-order valence-electron chi connectivity index (χ1n) is 11.2. The zero-order chi connectivity index (χ0) is 23.5. The number of nitrogens with zero attached hydrogens (tertiary/aromatic N) is 4. The van der Waals surface area contributed by atoms with Crippen molar-refractivity contribution in [2.45, 2.75) is 71.1 Å². The molecule has 0 aliphatic carbocycles. The fraction of sp³-hybridized carbons (Fsp3) is 0.565. The van der Waals surface area contributed by atoms with E-state index in [4.69, 9.17) is 11.6 Å². The van der Waals surface area contributed by atoms with Crippen LogP contribution in [0.25, 0.3) is 11.4 Å². The topological polar surface area (TPSA) is 80.1 Å². The minimum Gasteiger partial charge on any atom is -0.352 e. The van der Waals surface area contributed by atoms with E-state index < -0.39 is 0 Å². The number of aromatic nitrogens is 3. The standard InChI is InChI=1S/C23H34ClN5O2S/c1-5-7-8-9-14-29-22(18-10-12-19(24)13-11-18)26-27-23(29)32-16-21(31)28(6-2)15-20(30)25-17(3)4/h10-13,17H,5-9,14-16H2,1-4H3,(H,25,30). The number of thioether (sulfide) groups is 1. The first kappa shape index (κ1) is 26.2. The second-order valence-corrected chi connectivity index (χ2v) is 9.32. The van der Waals surface area contributed by atoms with Gasteiger partial charge in [-0.3, -0.25) is 9.59 Å². The third-order valence-corrected chi connectivity index (χ3v) is 6.10. The summed E-state index contributed by atoms with van der Waals surface area (Å²) in [5, 5.41) is 13.0. The van der Waals surface area contributed by atoms with E-state index in [2.05, 4.69) is 27.0 Å². The Bertz CT molecular complexity index is 870. The summed E-state index contributed by atoms with van der Waals surface area (Å²) in [6, 6.07) is 7.58. The van der Waals surface area contributed by atoms with Gasteiger partial charge >= 0.3 is 0 Å². The fourth-order valence-electron chi connectivity index (χ4n) is 3.24. The molecule has 176 valence electrons. The number of hydrogen-bond acceptors (Lipinski definition) is 5. The molecule has 1 aromatic heterocycles. The molecule has 2 amide bonds. The highest BCUT2D eigenvalue weighted by molar-refractivity contribution is 7.99. The van der Waals surface area contributed by atoms with Crippen LogP contribution >= 0.6 is 23.4 Å². The summed E-state index contributed by atoms with van der Waals surface area (Å²) in [6.45, 7) is 9.19. The van der Waals surface area contributed by atoms with Crippen molar-refractivity contribution in [3.05, 3.63) is 29.3 Å². The molecule has 2 rings (SSSR count). The number of carbonyl (C=O) groups is 2. The number of benzene rings is 1. The van der Waals surface area contributed by atoms with E-state index in [1.165, 1.54) is 24.6 Å². The third-order valence-electron chi connectivity index (χ3n) is 4.90. The highest BCUT2D eigenvalue weighted by Crippen LogP contribution is 2.26. The van der Waals surface area contributed by atoms with Gasteiger partial charge in [-0.25, -0.2) is 0 Å². The molecule has 9 heteroatoms. The van der Waals surface area contributed by atoms with Crippen molar-refractivity contribution < 1.29 is 9.59 Å². The molecule has 0 saturated heterocycles. The normalized spacial score (nSPS) is 11.1. The van der Waals surface area contributed by atoms with E-state index in [0.29, 0.717) is 16.7 Å². The molecule has 32 heavy (non-hydrogen) atoms. The summed E-state index contributed by atoms with van der Waals surface area (Å²) in [5.74, 6) is 0.738. The van der Waals surface area contributed by atoms with Crippen molar-refractivity contribution in [3.63, 3.8) is 0 Å². The van der Waals surface area contributed by atoms with E-state index in [9.17, 15) is 9.59 Å². The van der Waals surface area contributed by atoms with E-state index >= 15 is 0 Å². The molecule has 0 aliphatic heterocycles. The molecule has 0 fully saturated rings. The molecule has 0 spiro atoms. The Morgan fingerprint density at radius 2 is 1.84 bits per heavy atom. The molecule has 0 aliphatic rings. The number of likely N-dealkylation sites (N-methyl/N-ethyl adjacent to an activating group) is 1. The van der Waals surface area contributed by atoms with Gasteiger partial charge in [0.2, 0.25) is 11.8 Å². The number of unbranched alkanes of at least 4 members (excludes halogenated alkanes) is 3. The lowest BCUT2D eigenvalue weighted by atomic mass is 10.2. The lowest BCUT2D eigenvalue weighted by Crippen LogP contribution is -2.43. The summed E-state index contributed by atoms with van der Waals surface area (Å²) >= 11 is 7.40. The Balaban J connectivity index is 2.11. The molecule has 0 bridgehead atoms. The molecule has 0 radical (unpaired) electrons. The summed E-state index contributed by atoms with van der Waals surface area (Å²) in [4.78, 5) is 26.4. The molecule has 0 atom stereocenters. The Kier molecular flexibility index (Phi) is 11.0. The molecule has 2 aromatic rings. The first-order valence-corrected chi connectivity index (χ1v) is 12.6. The van der Waals surface area contributed by atoms with Gasteiger partial charge in [0.05, 0.1) is 12.3 Å². The van der Waals surface area contributed by atoms with Gasteiger partial charge in [0.25, 0.3) is 0 Å². The zero-order valence-corrected chi connectivity index (χ0v) is 21.0. The van der Waals surface area contributed by atoms with Crippen LogP contribution in [0.15, 0.2) is 29.4 Å². The summed E-state index contributed by atoms with van der Waals surface area (Å²) in [6.07, 6.45) is 4.50. The molecular formula is C23H34ClN5O2S. The van der Waals surface area contributed by atoms with Crippen LogP contribution < -0.4 is 5.32 Å². The van der Waals surface area contributed by atoms with Gasteiger partial charge in [-0.15, -0.1) is 10.2 Å². The third kappa shape index (κ3) is 8.13. The van der Waals surface area contributed by atoms with Gasteiger partial charge in [-0.05, 0) is 51.5 Å². The van der Waals surface area contributed by atoms with Crippen LogP contribution in [0.3, 0.4) is 0 Å². The van der Waals surface area contributed by atoms with Crippen LogP contribution in [0, 0.1) is 0 Å². The summed E-state index contributed by atoms with van der Waals surface area (Å²) in [7, 11) is 0. The first-order chi connectivity index (χ1) is 15.3. The molecular weight excluding hydrogens is 446 g/mol. The summed E-state index contributed by atoms with van der Waals surface area (Å²) < 4.78 is 2.08. The Morgan fingerprint density at radius 3 is 2.47 bits per heavy atom. The maximum Gasteiger partial charge on any atom is 0.239 e. The fourth-order valence-corrected chi connectivity index (χ4v) is 4.23. The van der Waals surface area contributed by atoms with Crippen LogP contribution in [0.5, 0.6) is 0 Å². The van der Waals surface area contributed by atoms with Crippen LogP contribution in [0.2, 0.25) is 5.02 Å². The van der Waals surface area contributed by atoms with E-state index in [0.717, 1.165) is 30.8 Å².